The lowest BCUT2D eigenvalue weighted by Crippen LogP contribution is -2.46. The lowest BCUT2D eigenvalue weighted by atomic mass is 10.1. The minimum absolute atomic E-state index is 0.0119. The Hall–Kier alpha value is -1.67. The predicted molar refractivity (Wildman–Crippen MR) is 71.9 cm³/mol. The fourth-order valence-electron chi connectivity index (χ4n) is 2.05. The Labute approximate surface area is 117 Å². The highest BCUT2D eigenvalue weighted by Gasteiger charge is 2.21. The second-order valence-corrected chi connectivity index (χ2v) is 4.84. The van der Waals surface area contributed by atoms with Gasteiger partial charge in [0.05, 0.1) is 6.54 Å². The first-order chi connectivity index (χ1) is 9.49. The smallest absolute Gasteiger partial charge is 0.326 e. The summed E-state index contributed by atoms with van der Waals surface area (Å²) in [6, 6.07) is -1.07. The van der Waals surface area contributed by atoms with Gasteiger partial charge in [0.15, 0.2) is 0 Å². The average Bonchev–Trinajstić information content (AvgIpc) is 2.62. The molecule has 1 fully saturated rings. The first-order valence-corrected chi connectivity index (χ1v) is 6.72. The van der Waals surface area contributed by atoms with Gasteiger partial charge in [-0.2, -0.15) is 0 Å². The Kier molecular flexibility index (Phi) is 6.96. The monoisotopic (exact) mass is 286 g/mol. The van der Waals surface area contributed by atoms with Crippen LogP contribution in [0.15, 0.2) is 0 Å². The maximum atomic E-state index is 11.8. The van der Waals surface area contributed by atoms with Crippen molar-refractivity contribution in [2.75, 3.05) is 32.7 Å². The summed E-state index contributed by atoms with van der Waals surface area (Å²) in [4.78, 5) is 35.5. The van der Waals surface area contributed by atoms with Crippen LogP contribution in [-0.4, -0.2) is 66.6 Å². The third-order valence-electron chi connectivity index (χ3n) is 3.11. The van der Waals surface area contributed by atoms with Crippen molar-refractivity contribution >= 4 is 17.8 Å². The molecule has 8 heteroatoms. The molecule has 0 bridgehead atoms. The molecule has 0 aliphatic carbocycles. The van der Waals surface area contributed by atoms with Gasteiger partial charge in [-0.15, -0.1) is 0 Å². The van der Waals surface area contributed by atoms with Gasteiger partial charge in [-0.1, -0.05) is 0 Å². The highest BCUT2D eigenvalue weighted by atomic mass is 16.4. The van der Waals surface area contributed by atoms with E-state index in [0.29, 0.717) is 0 Å². The normalized spacial score (nSPS) is 18.0. The molecule has 2 amide bonds. The molecule has 20 heavy (non-hydrogen) atoms. The van der Waals surface area contributed by atoms with Gasteiger partial charge < -0.3 is 21.5 Å². The number of carbonyl (C=O) groups excluding carboxylic acids is 2. The molecule has 0 aromatic heterocycles. The molecule has 1 rings (SSSR count). The zero-order valence-electron chi connectivity index (χ0n) is 11.4. The van der Waals surface area contributed by atoms with Gasteiger partial charge in [-0.25, -0.2) is 4.79 Å². The average molecular weight is 286 g/mol. The zero-order valence-corrected chi connectivity index (χ0v) is 11.4. The summed E-state index contributed by atoms with van der Waals surface area (Å²) in [6.45, 7) is 3.47. The Balaban J connectivity index is 2.40. The SMILES string of the molecule is NC(=O)CC[C@H](NC(=O)CN1CCCNCC1)C(=O)O. The fraction of sp³-hybridized carbons (Fsp3) is 0.750. The summed E-state index contributed by atoms with van der Waals surface area (Å²) in [7, 11) is 0. The van der Waals surface area contributed by atoms with Gasteiger partial charge >= 0.3 is 5.97 Å². The van der Waals surface area contributed by atoms with Crippen molar-refractivity contribution in [3.05, 3.63) is 0 Å². The molecule has 0 aromatic rings. The first-order valence-electron chi connectivity index (χ1n) is 6.72. The van der Waals surface area contributed by atoms with Crippen LogP contribution in [0.25, 0.3) is 0 Å². The lowest BCUT2D eigenvalue weighted by molar-refractivity contribution is -0.142. The number of primary amides is 1. The molecular weight excluding hydrogens is 264 g/mol. The van der Waals surface area contributed by atoms with Crippen molar-refractivity contribution in [1.82, 2.24) is 15.5 Å². The predicted octanol–water partition coefficient (Wildman–Crippen LogP) is -1.88. The number of hydrogen-bond acceptors (Lipinski definition) is 5. The number of aliphatic carboxylic acids is 1. The van der Waals surface area contributed by atoms with E-state index >= 15 is 0 Å². The van der Waals surface area contributed by atoms with E-state index in [9.17, 15) is 14.4 Å². The Morgan fingerprint density at radius 2 is 2.05 bits per heavy atom. The Bertz CT molecular complexity index is 353. The molecule has 5 N–H and O–H groups in total. The second-order valence-electron chi connectivity index (χ2n) is 4.84. The third kappa shape index (κ3) is 6.48. The van der Waals surface area contributed by atoms with Crippen LogP contribution in [0, 0.1) is 0 Å². The van der Waals surface area contributed by atoms with Crippen LogP contribution in [0.1, 0.15) is 19.3 Å². The van der Waals surface area contributed by atoms with E-state index in [4.69, 9.17) is 10.8 Å². The molecule has 1 saturated heterocycles. The van der Waals surface area contributed by atoms with Crippen LogP contribution in [-0.2, 0) is 14.4 Å². The van der Waals surface area contributed by atoms with Crippen LogP contribution >= 0.6 is 0 Å². The standard InChI is InChI=1S/C12H22N4O4/c13-10(17)3-2-9(12(19)20)15-11(18)8-16-6-1-4-14-5-7-16/h9,14H,1-8H2,(H2,13,17)(H,15,18)(H,19,20)/t9-/m0/s1. The maximum Gasteiger partial charge on any atom is 0.326 e. The van der Waals surface area contributed by atoms with Crippen LogP contribution in [0.5, 0.6) is 0 Å². The summed E-state index contributed by atoms with van der Waals surface area (Å²) >= 11 is 0. The van der Waals surface area contributed by atoms with Crippen LogP contribution < -0.4 is 16.4 Å². The van der Waals surface area contributed by atoms with Gasteiger partial charge in [-0.05, 0) is 25.9 Å². The zero-order chi connectivity index (χ0) is 15.0. The van der Waals surface area contributed by atoms with Crippen molar-refractivity contribution in [3.8, 4) is 0 Å². The highest BCUT2D eigenvalue weighted by Crippen LogP contribution is 1.99. The molecule has 0 aromatic carbocycles. The van der Waals surface area contributed by atoms with Crippen molar-refractivity contribution in [1.29, 1.82) is 0 Å². The molecule has 0 spiro atoms. The van der Waals surface area contributed by atoms with Crippen molar-refractivity contribution < 1.29 is 19.5 Å². The maximum absolute atomic E-state index is 11.8. The number of carboxylic acids is 1. The summed E-state index contributed by atoms with van der Waals surface area (Å²) in [6.07, 6.45) is 0.903. The van der Waals surface area contributed by atoms with Crippen molar-refractivity contribution in [3.63, 3.8) is 0 Å². The molecular formula is C12H22N4O4. The molecule has 0 unspecified atom stereocenters. The van der Waals surface area contributed by atoms with Gasteiger partial charge in [0.2, 0.25) is 11.8 Å². The van der Waals surface area contributed by atoms with Gasteiger partial charge in [0.25, 0.3) is 0 Å². The van der Waals surface area contributed by atoms with Gasteiger partial charge in [0.1, 0.15) is 6.04 Å². The number of nitrogens with zero attached hydrogens (tertiary/aromatic N) is 1. The third-order valence-corrected chi connectivity index (χ3v) is 3.11. The van der Waals surface area contributed by atoms with E-state index in [-0.39, 0.29) is 25.3 Å². The highest BCUT2D eigenvalue weighted by molar-refractivity contribution is 5.85. The van der Waals surface area contributed by atoms with E-state index < -0.39 is 17.9 Å². The number of amides is 2. The number of nitrogens with one attached hydrogen (secondary N) is 2. The van der Waals surface area contributed by atoms with E-state index in [0.717, 1.165) is 32.6 Å². The van der Waals surface area contributed by atoms with E-state index in [1.807, 2.05) is 4.90 Å². The summed E-state index contributed by atoms with van der Waals surface area (Å²) < 4.78 is 0. The van der Waals surface area contributed by atoms with Gasteiger partial charge in [0, 0.05) is 19.5 Å². The van der Waals surface area contributed by atoms with Crippen LogP contribution in [0.4, 0.5) is 0 Å². The molecule has 1 heterocycles. The Morgan fingerprint density at radius 1 is 1.30 bits per heavy atom. The largest absolute Gasteiger partial charge is 0.480 e. The number of nitrogens with two attached hydrogens (primary N) is 1. The van der Waals surface area contributed by atoms with Crippen LogP contribution in [0.3, 0.4) is 0 Å². The van der Waals surface area contributed by atoms with Gasteiger partial charge in [-0.3, -0.25) is 14.5 Å². The quantitative estimate of drug-likeness (QED) is 0.434. The summed E-state index contributed by atoms with van der Waals surface area (Å²) in [5.74, 6) is -2.08. The second kappa shape index (κ2) is 8.49. The van der Waals surface area contributed by atoms with Crippen molar-refractivity contribution in [2.24, 2.45) is 5.73 Å². The number of rotatable bonds is 7. The van der Waals surface area contributed by atoms with E-state index in [1.165, 1.54) is 0 Å². The molecule has 1 atom stereocenters. The molecule has 114 valence electrons. The minimum Gasteiger partial charge on any atom is -0.480 e. The number of carbonyl (C=O) groups is 3. The van der Waals surface area contributed by atoms with E-state index in [1.54, 1.807) is 0 Å². The summed E-state index contributed by atoms with van der Waals surface area (Å²) in [5, 5.41) is 14.7. The number of carboxylic acid groups (broad SMARTS) is 1. The molecule has 1 aliphatic heterocycles. The topological polar surface area (TPSA) is 125 Å². The fourth-order valence-corrected chi connectivity index (χ4v) is 2.05. The number of hydrogen-bond donors (Lipinski definition) is 4. The van der Waals surface area contributed by atoms with E-state index in [2.05, 4.69) is 10.6 Å². The first kappa shape index (κ1) is 16.4. The molecule has 0 radical (unpaired) electrons. The molecule has 0 saturated carbocycles. The van der Waals surface area contributed by atoms with Crippen molar-refractivity contribution in [2.45, 2.75) is 25.3 Å². The Morgan fingerprint density at radius 3 is 2.70 bits per heavy atom. The molecule has 1 aliphatic rings. The molecule has 8 nitrogen and oxygen atoms in total. The lowest BCUT2D eigenvalue weighted by Gasteiger charge is -2.20. The minimum atomic E-state index is -1.16. The summed E-state index contributed by atoms with van der Waals surface area (Å²) in [5.41, 5.74) is 4.98. The van der Waals surface area contributed by atoms with Crippen LogP contribution in [0.2, 0.25) is 0 Å².